The fourth-order valence-corrected chi connectivity index (χ4v) is 3.72. The van der Waals surface area contributed by atoms with E-state index in [-0.39, 0.29) is 5.25 Å². The van der Waals surface area contributed by atoms with Gasteiger partial charge in [-0.3, -0.25) is 4.79 Å². The zero-order valence-corrected chi connectivity index (χ0v) is 11.6. The second-order valence-corrected chi connectivity index (χ2v) is 6.11. The number of likely N-dealkylation sites (N-methyl/N-ethyl adjacent to an activating group) is 1. The van der Waals surface area contributed by atoms with Gasteiger partial charge in [0.15, 0.2) is 0 Å². The van der Waals surface area contributed by atoms with E-state index in [1.165, 1.54) is 0 Å². The maximum absolute atomic E-state index is 11.3. The van der Waals surface area contributed by atoms with Crippen molar-refractivity contribution in [2.24, 2.45) is 0 Å². The second-order valence-electron chi connectivity index (χ2n) is 4.41. The maximum atomic E-state index is 11.3. The molecule has 2 N–H and O–H groups in total. The summed E-state index contributed by atoms with van der Waals surface area (Å²) < 4.78 is 0. The van der Waals surface area contributed by atoms with E-state index in [1.807, 2.05) is 0 Å². The van der Waals surface area contributed by atoms with Gasteiger partial charge >= 0.3 is 5.97 Å². The molecule has 0 aromatic carbocycles. The Morgan fingerprint density at radius 2 is 2.50 bits per heavy atom. The minimum atomic E-state index is -0.793. The Morgan fingerprint density at radius 1 is 1.72 bits per heavy atom. The summed E-state index contributed by atoms with van der Waals surface area (Å²) in [5, 5.41) is 13.9. The number of carbonyl (C=O) groups is 1. The monoisotopic (exact) mass is 286 g/mol. The van der Waals surface area contributed by atoms with Crippen molar-refractivity contribution in [1.29, 1.82) is 0 Å². The number of rotatable bonds is 4. The minimum absolute atomic E-state index is 0.237. The number of halogens is 1. The van der Waals surface area contributed by atoms with Gasteiger partial charge in [-0.25, -0.2) is 4.98 Å². The molecule has 18 heavy (non-hydrogen) atoms. The fourth-order valence-electron chi connectivity index (χ4n) is 2.24. The third-order valence-corrected chi connectivity index (χ3v) is 5.06. The number of pyridine rings is 1. The van der Waals surface area contributed by atoms with E-state index < -0.39 is 11.5 Å². The van der Waals surface area contributed by atoms with Crippen molar-refractivity contribution in [3.8, 4) is 0 Å². The Morgan fingerprint density at radius 3 is 3.06 bits per heavy atom. The average molecular weight is 287 g/mol. The van der Waals surface area contributed by atoms with Crippen LogP contribution in [0.25, 0.3) is 0 Å². The van der Waals surface area contributed by atoms with Gasteiger partial charge in [0.05, 0.1) is 5.02 Å². The van der Waals surface area contributed by atoms with Gasteiger partial charge in [0.1, 0.15) is 10.6 Å². The molecule has 1 fully saturated rings. The minimum Gasteiger partial charge on any atom is -0.480 e. The molecule has 1 saturated carbocycles. The number of aliphatic carboxylic acids is 1. The number of carboxylic acid groups (broad SMARTS) is 1. The fraction of sp³-hybridized carbons (Fsp3) is 0.500. The van der Waals surface area contributed by atoms with Crippen molar-refractivity contribution >= 4 is 29.3 Å². The van der Waals surface area contributed by atoms with Crippen LogP contribution in [-0.2, 0) is 4.79 Å². The highest BCUT2D eigenvalue weighted by molar-refractivity contribution is 8.00. The second kappa shape index (κ2) is 5.47. The molecule has 1 heterocycles. The summed E-state index contributed by atoms with van der Waals surface area (Å²) >= 11 is 7.62. The first-order valence-electron chi connectivity index (χ1n) is 5.77. The summed E-state index contributed by atoms with van der Waals surface area (Å²) in [5.41, 5.74) is -0.793. The van der Waals surface area contributed by atoms with Gasteiger partial charge in [-0.1, -0.05) is 11.6 Å². The van der Waals surface area contributed by atoms with E-state index in [4.69, 9.17) is 11.6 Å². The SMILES string of the molecule is CNC1(C(=O)O)CCC(Sc2ncccc2Cl)C1. The van der Waals surface area contributed by atoms with Gasteiger partial charge in [-0.15, -0.1) is 11.8 Å². The van der Waals surface area contributed by atoms with Gasteiger partial charge < -0.3 is 10.4 Å². The number of thioether (sulfide) groups is 1. The highest BCUT2D eigenvalue weighted by Gasteiger charge is 2.44. The Labute approximate surface area is 115 Å². The van der Waals surface area contributed by atoms with Crippen LogP contribution >= 0.6 is 23.4 Å². The third kappa shape index (κ3) is 2.63. The molecule has 1 aliphatic carbocycles. The van der Waals surface area contributed by atoms with Crippen LogP contribution < -0.4 is 5.32 Å². The molecule has 2 atom stereocenters. The zero-order valence-electron chi connectivity index (χ0n) is 10.0. The van der Waals surface area contributed by atoms with E-state index in [1.54, 1.807) is 37.1 Å². The standard InChI is InChI=1S/C12H15ClN2O2S/c1-14-12(11(16)17)5-4-8(7-12)18-10-9(13)3-2-6-15-10/h2-3,6,8,14H,4-5,7H2,1H3,(H,16,17). The van der Waals surface area contributed by atoms with Gasteiger partial charge in [0.2, 0.25) is 0 Å². The molecule has 2 unspecified atom stereocenters. The Bertz CT molecular complexity index is 457. The molecule has 0 saturated heterocycles. The lowest BCUT2D eigenvalue weighted by molar-refractivity contribution is -0.144. The van der Waals surface area contributed by atoms with E-state index >= 15 is 0 Å². The van der Waals surface area contributed by atoms with Crippen molar-refractivity contribution < 1.29 is 9.90 Å². The molecule has 1 aromatic rings. The maximum Gasteiger partial charge on any atom is 0.323 e. The van der Waals surface area contributed by atoms with Crippen molar-refractivity contribution in [3.05, 3.63) is 23.4 Å². The summed E-state index contributed by atoms with van der Waals surface area (Å²) in [5.74, 6) is -0.778. The van der Waals surface area contributed by atoms with Crippen LogP contribution in [-0.4, -0.2) is 33.9 Å². The molecule has 1 aliphatic rings. The number of carboxylic acids is 1. The molecule has 0 spiro atoms. The highest BCUT2D eigenvalue weighted by atomic mass is 35.5. The zero-order chi connectivity index (χ0) is 13.2. The molecule has 0 bridgehead atoms. The van der Waals surface area contributed by atoms with Crippen LogP contribution in [0.2, 0.25) is 5.02 Å². The highest BCUT2D eigenvalue weighted by Crippen LogP contribution is 2.41. The molecular formula is C12H15ClN2O2S. The quantitative estimate of drug-likeness (QED) is 0.890. The Kier molecular flexibility index (Phi) is 4.14. The number of hydrogen-bond donors (Lipinski definition) is 2. The Hall–Kier alpha value is -0.780. The van der Waals surface area contributed by atoms with Gasteiger partial charge in [-0.2, -0.15) is 0 Å². The van der Waals surface area contributed by atoms with E-state index in [0.29, 0.717) is 17.9 Å². The van der Waals surface area contributed by atoms with Crippen molar-refractivity contribution in [1.82, 2.24) is 10.3 Å². The van der Waals surface area contributed by atoms with Crippen LogP contribution in [0.4, 0.5) is 0 Å². The molecule has 1 aromatic heterocycles. The predicted molar refractivity (Wildman–Crippen MR) is 72.2 cm³/mol. The normalized spacial score (nSPS) is 27.3. The largest absolute Gasteiger partial charge is 0.480 e. The number of aromatic nitrogens is 1. The lowest BCUT2D eigenvalue weighted by Gasteiger charge is -2.23. The Balaban J connectivity index is 2.06. The van der Waals surface area contributed by atoms with Crippen LogP contribution in [0.15, 0.2) is 23.4 Å². The summed E-state index contributed by atoms with van der Waals surface area (Å²) in [6.45, 7) is 0. The molecule has 0 aliphatic heterocycles. The first kappa shape index (κ1) is 13.6. The summed E-state index contributed by atoms with van der Waals surface area (Å²) in [4.78, 5) is 15.5. The molecule has 98 valence electrons. The van der Waals surface area contributed by atoms with Crippen LogP contribution in [0.5, 0.6) is 0 Å². The van der Waals surface area contributed by atoms with Crippen LogP contribution in [0.3, 0.4) is 0 Å². The van der Waals surface area contributed by atoms with Crippen LogP contribution in [0.1, 0.15) is 19.3 Å². The van der Waals surface area contributed by atoms with Gasteiger partial charge in [0, 0.05) is 11.4 Å². The number of hydrogen-bond acceptors (Lipinski definition) is 4. The molecule has 0 amide bonds. The predicted octanol–water partition coefficient (Wildman–Crippen LogP) is 2.42. The summed E-state index contributed by atoms with van der Waals surface area (Å²) in [7, 11) is 1.70. The topological polar surface area (TPSA) is 62.2 Å². The smallest absolute Gasteiger partial charge is 0.323 e. The van der Waals surface area contributed by atoms with Crippen molar-refractivity contribution in [2.45, 2.75) is 35.1 Å². The summed E-state index contributed by atoms with van der Waals surface area (Å²) in [6, 6.07) is 3.59. The lowest BCUT2D eigenvalue weighted by Crippen LogP contribution is -2.48. The summed E-state index contributed by atoms with van der Waals surface area (Å²) in [6.07, 6.45) is 3.79. The molecule has 2 rings (SSSR count). The molecule has 0 radical (unpaired) electrons. The first-order valence-corrected chi connectivity index (χ1v) is 7.02. The molecule has 6 heteroatoms. The van der Waals surface area contributed by atoms with E-state index in [0.717, 1.165) is 11.4 Å². The van der Waals surface area contributed by atoms with Crippen molar-refractivity contribution in [3.63, 3.8) is 0 Å². The average Bonchev–Trinajstić information content (AvgIpc) is 2.77. The lowest BCUT2D eigenvalue weighted by atomic mass is 9.99. The first-order chi connectivity index (χ1) is 8.57. The van der Waals surface area contributed by atoms with Crippen molar-refractivity contribution in [2.75, 3.05) is 7.05 Å². The van der Waals surface area contributed by atoms with E-state index in [9.17, 15) is 9.90 Å². The van der Waals surface area contributed by atoms with Gasteiger partial charge in [-0.05, 0) is 38.4 Å². The van der Waals surface area contributed by atoms with E-state index in [2.05, 4.69) is 10.3 Å². The van der Waals surface area contributed by atoms with Gasteiger partial charge in [0.25, 0.3) is 0 Å². The molecule has 4 nitrogen and oxygen atoms in total. The van der Waals surface area contributed by atoms with Crippen LogP contribution in [0, 0.1) is 0 Å². The number of nitrogens with zero attached hydrogens (tertiary/aromatic N) is 1. The third-order valence-electron chi connectivity index (χ3n) is 3.36. The molecular weight excluding hydrogens is 272 g/mol. The number of nitrogens with one attached hydrogen (secondary N) is 1.